The molecule has 0 saturated heterocycles. The van der Waals surface area contributed by atoms with Gasteiger partial charge >= 0.3 is 6.03 Å². The first-order valence-corrected chi connectivity index (χ1v) is 6.99. The smallest absolute Gasteiger partial charge is 0.321 e. The molecule has 0 aromatic heterocycles. The number of ether oxygens (including phenoxy) is 1. The third-order valence-electron chi connectivity index (χ3n) is 2.22. The zero-order valence-corrected chi connectivity index (χ0v) is 11.9. The Morgan fingerprint density at radius 1 is 1.32 bits per heavy atom. The number of carbonyl (C=O) groups is 2. The van der Waals surface area contributed by atoms with Gasteiger partial charge in [-0.25, -0.2) is 4.79 Å². The number of rotatable bonds is 6. The summed E-state index contributed by atoms with van der Waals surface area (Å²) in [6.45, 7) is 2.50. The molecular weight excluding hydrogens is 264 g/mol. The summed E-state index contributed by atoms with van der Waals surface area (Å²) in [4.78, 5) is 23.7. The van der Waals surface area contributed by atoms with Gasteiger partial charge in [0.1, 0.15) is 5.75 Å². The topological polar surface area (TPSA) is 67.4 Å². The molecular formula is C13H18N2O3S. The fourth-order valence-electron chi connectivity index (χ4n) is 1.33. The molecule has 104 valence electrons. The lowest BCUT2D eigenvalue weighted by atomic mass is 10.3. The van der Waals surface area contributed by atoms with E-state index in [-0.39, 0.29) is 11.7 Å². The molecule has 6 heteroatoms. The van der Waals surface area contributed by atoms with Gasteiger partial charge in [-0.05, 0) is 18.6 Å². The molecule has 0 aliphatic carbocycles. The molecule has 1 rings (SSSR count). The molecule has 0 aliphatic heterocycles. The summed E-state index contributed by atoms with van der Waals surface area (Å²) in [5, 5.41) is 4.85. The predicted molar refractivity (Wildman–Crippen MR) is 75.6 cm³/mol. The summed E-state index contributed by atoms with van der Waals surface area (Å²) < 4.78 is 5.18. The van der Waals surface area contributed by atoms with Crippen molar-refractivity contribution in [1.82, 2.24) is 10.6 Å². The highest BCUT2D eigenvalue weighted by atomic mass is 32.2. The zero-order chi connectivity index (χ0) is 14.1. The van der Waals surface area contributed by atoms with Gasteiger partial charge in [-0.2, -0.15) is 0 Å². The number of hydrogen-bond acceptors (Lipinski definition) is 4. The highest BCUT2D eigenvalue weighted by Crippen LogP contribution is 2.28. The minimum atomic E-state index is -0.451. The SMILES string of the molecule is CCCNC(=O)NC(=O)CSc1ccccc1OC. The summed E-state index contributed by atoms with van der Waals surface area (Å²) >= 11 is 1.33. The number of carbonyl (C=O) groups excluding carboxylic acids is 2. The Morgan fingerprint density at radius 3 is 2.74 bits per heavy atom. The molecule has 1 aromatic rings. The van der Waals surface area contributed by atoms with Crippen molar-refractivity contribution in [2.75, 3.05) is 19.4 Å². The molecule has 2 N–H and O–H groups in total. The molecule has 19 heavy (non-hydrogen) atoms. The monoisotopic (exact) mass is 282 g/mol. The molecule has 0 saturated carbocycles. The highest BCUT2D eigenvalue weighted by Gasteiger charge is 2.09. The first-order valence-electron chi connectivity index (χ1n) is 6.00. The largest absolute Gasteiger partial charge is 0.496 e. The van der Waals surface area contributed by atoms with Gasteiger partial charge in [-0.15, -0.1) is 11.8 Å². The number of thioether (sulfide) groups is 1. The number of para-hydroxylation sites is 1. The van der Waals surface area contributed by atoms with Crippen molar-refractivity contribution in [3.63, 3.8) is 0 Å². The Kier molecular flexibility index (Phi) is 6.81. The molecule has 0 heterocycles. The van der Waals surface area contributed by atoms with Crippen molar-refractivity contribution in [2.45, 2.75) is 18.2 Å². The van der Waals surface area contributed by atoms with Crippen LogP contribution in [0.2, 0.25) is 0 Å². The molecule has 5 nitrogen and oxygen atoms in total. The second kappa shape index (κ2) is 8.42. The van der Waals surface area contributed by atoms with Gasteiger partial charge in [0.25, 0.3) is 0 Å². The number of imide groups is 1. The van der Waals surface area contributed by atoms with Crippen LogP contribution in [0.5, 0.6) is 5.75 Å². The fraction of sp³-hybridized carbons (Fsp3) is 0.385. The lowest BCUT2D eigenvalue weighted by Gasteiger charge is -2.08. The van der Waals surface area contributed by atoms with Crippen molar-refractivity contribution < 1.29 is 14.3 Å². The van der Waals surface area contributed by atoms with E-state index < -0.39 is 6.03 Å². The molecule has 3 amide bonds. The zero-order valence-electron chi connectivity index (χ0n) is 11.1. The molecule has 0 unspecified atom stereocenters. The lowest BCUT2D eigenvalue weighted by molar-refractivity contribution is -0.117. The van der Waals surface area contributed by atoms with E-state index in [0.717, 1.165) is 17.1 Å². The molecule has 0 spiro atoms. The van der Waals surface area contributed by atoms with Crippen LogP contribution in [0.3, 0.4) is 0 Å². The lowest BCUT2D eigenvalue weighted by Crippen LogP contribution is -2.40. The minimum Gasteiger partial charge on any atom is -0.496 e. The van der Waals surface area contributed by atoms with Crippen molar-refractivity contribution in [3.8, 4) is 5.75 Å². The van der Waals surface area contributed by atoms with Gasteiger partial charge in [0, 0.05) is 11.4 Å². The molecule has 0 atom stereocenters. The summed E-state index contributed by atoms with van der Waals surface area (Å²) in [5.41, 5.74) is 0. The van der Waals surface area contributed by atoms with E-state index in [2.05, 4.69) is 10.6 Å². The predicted octanol–water partition coefficient (Wildman–Crippen LogP) is 2.02. The normalized spacial score (nSPS) is 9.79. The van der Waals surface area contributed by atoms with Crippen molar-refractivity contribution in [1.29, 1.82) is 0 Å². The summed E-state index contributed by atoms with van der Waals surface area (Å²) in [5.74, 6) is 0.556. The van der Waals surface area contributed by atoms with Crippen LogP contribution in [0.25, 0.3) is 0 Å². The van der Waals surface area contributed by atoms with Crippen LogP contribution in [0, 0.1) is 0 Å². The van der Waals surface area contributed by atoms with Gasteiger partial charge in [0.05, 0.1) is 12.9 Å². The standard InChI is InChI=1S/C13H18N2O3S/c1-3-8-14-13(17)15-12(16)9-19-11-7-5-4-6-10(11)18-2/h4-7H,3,8-9H2,1-2H3,(H2,14,15,16,17). The Balaban J connectivity index is 2.39. The Bertz CT molecular complexity index is 438. The van der Waals surface area contributed by atoms with Crippen LogP contribution >= 0.6 is 11.8 Å². The van der Waals surface area contributed by atoms with Crippen LogP contribution in [-0.4, -0.2) is 31.3 Å². The minimum absolute atomic E-state index is 0.167. The summed E-state index contributed by atoms with van der Waals surface area (Å²) in [7, 11) is 1.58. The van der Waals surface area contributed by atoms with Crippen LogP contribution in [0.15, 0.2) is 29.2 Å². The van der Waals surface area contributed by atoms with Crippen LogP contribution in [-0.2, 0) is 4.79 Å². The number of urea groups is 1. The number of hydrogen-bond donors (Lipinski definition) is 2. The second-order valence-electron chi connectivity index (χ2n) is 3.74. The van der Waals surface area contributed by atoms with E-state index in [9.17, 15) is 9.59 Å². The van der Waals surface area contributed by atoms with Gasteiger partial charge in [-0.3, -0.25) is 10.1 Å². The number of nitrogens with one attached hydrogen (secondary N) is 2. The quantitative estimate of drug-likeness (QED) is 0.783. The summed E-state index contributed by atoms with van der Waals surface area (Å²) in [6, 6.07) is 6.98. The van der Waals surface area contributed by atoms with Gasteiger partial charge < -0.3 is 10.1 Å². The molecule has 0 bridgehead atoms. The molecule has 0 fully saturated rings. The Morgan fingerprint density at radius 2 is 2.05 bits per heavy atom. The van der Waals surface area contributed by atoms with Gasteiger partial charge in [0.2, 0.25) is 5.91 Å². The number of methoxy groups -OCH3 is 1. The van der Waals surface area contributed by atoms with E-state index in [1.807, 2.05) is 31.2 Å². The third kappa shape index (κ3) is 5.65. The van der Waals surface area contributed by atoms with E-state index in [1.54, 1.807) is 7.11 Å². The van der Waals surface area contributed by atoms with Crippen molar-refractivity contribution >= 4 is 23.7 Å². The van der Waals surface area contributed by atoms with Crippen LogP contribution in [0.1, 0.15) is 13.3 Å². The first-order chi connectivity index (χ1) is 9.17. The van der Waals surface area contributed by atoms with Gasteiger partial charge in [0.15, 0.2) is 0 Å². The first kappa shape index (κ1) is 15.4. The maximum atomic E-state index is 11.6. The van der Waals surface area contributed by atoms with Crippen molar-refractivity contribution in [3.05, 3.63) is 24.3 Å². The number of benzene rings is 1. The third-order valence-corrected chi connectivity index (χ3v) is 3.27. The molecule has 0 radical (unpaired) electrons. The number of amides is 3. The Hall–Kier alpha value is -1.69. The van der Waals surface area contributed by atoms with E-state index in [0.29, 0.717) is 6.54 Å². The van der Waals surface area contributed by atoms with E-state index in [4.69, 9.17) is 4.74 Å². The van der Waals surface area contributed by atoms with Crippen molar-refractivity contribution in [2.24, 2.45) is 0 Å². The van der Waals surface area contributed by atoms with Crippen LogP contribution < -0.4 is 15.4 Å². The maximum absolute atomic E-state index is 11.6. The van der Waals surface area contributed by atoms with Gasteiger partial charge in [-0.1, -0.05) is 19.1 Å². The van der Waals surface area contributed by atoms with E-state index in [1.165, 1.54) is 11.8 Å². The second-order valence-corrected chi connectivity index (χ2v) is 4.76. The molecule has 0 aliphatic rings. The fourth-order valence-corrected chi connectivity index (χ4v) is 2.15. The highest BCUT2D eigenvalue weighted by molar-refractivity contribution is 8.00. The van der Waals surface area contributed by atoms with Crippen LogP contribution in [0.4, 0.5) is 4.79 Å². The average molecular weight is 282 g/mol. The maximum Gasteiger partial charge on any atom is 0.321 e. The average Bonchev–Trinajstić information content (AvgIpc) is 2.43. The Labute approximate surface area is 117 Å². The molecule has 1 aromatic carbocycles. The summed E-state index contributed by atoms with van der Waals surface area (Å²) in [6.07, 6.45) is 0.831. The van der Waals surface area contributed by atoms with E-state index >= 15 is 0 Å².